The minimum atomic E-state index is -4.48. The number of rotatable bonds is 3. The van der Waals surface area contributed by atoms with Crippen LogP contribution < -0.4 is 5.32 Å². The van der Waals surface area contributed by atoms with Crippen molar-refractivity contribution in [2.45, 2.75) is 38.3 Å². The molecule has 0 unspecified atom stereocenters. The zero-order valence-corrected chi connectivity index (χ0v) is 18.8. The summed E-state index contributed by atoms with van der Waals surface area (Å²) in [4.78, 5) is 20.9. The zero-order valence-electron chi connectivity index (χ0n) is 18.8. The normalized spacial score (nSPS) is 16.4. The van der Waals surface area contributed by atoms with Gasteiger partial charge in [0.05, 0.1) is 16.8 Å². The third kappa shape index (κ3) is 3.81. The van der Waals surface area contributed by atoms with Crippen LogP contribution in [-0.2, 0) is 30.2 Å². The number of benzene rings is 2. The van der Waals surface area contributed by atoms with Crippen LogP contribution in [0.5, 0.6) is 0 Å². The summed E-state index contributed by atoms with van der Waals surface area (Å²) in [7, 11) is 0. The van der Waals surface area contributed by atoms with Crippen LogP contribution in [0.4, 0.5) is 18.9 Å². The molecule has 0 fully saturated rings. The molecule has 6 rings (SSSR count). The number of amides is 1. The van der Waals surface area contributed by atoms with Gasteiger partial charge in [-0.15, -0.1) is 0 Å². The van der Waals surface area contributed by atoms with Gasteiger partial charge in [-0.2, -0.15) is 13.2 Å². The summed E-state index contributed by atoms with van der Waals surface area (Å²) < 4.78 is 40.1. The van der Waals surface area contributed by atoms with Gasteiger partial charge in [-0.1, -0.05) is 24.3 Å². The SMILES string of the molecule is O=C1Nc2ccc(C(F)(F)F)cc2C1=Cc1[nH]c2c(c1Cc1nccc3ccccc13)CCCC2. The number of H-pyrrole nitrogens is 1. The Morgan fingerprint density at radius 3 is 2.71 bits per heavy atom. The Balaban J connectivity index is 1.49. The number of fused-ring (bicyclic) bond motifs is 3. The van der Waals surface area contributed by atoms with E-state index in [0.29, 0.717) is 12.1 Å². The molecule has 3 heterocycles. The predicted molar refractivity (Wildman–Crippen MR) is 130 cm³/mol. The van der Waals surface area contributed by atoms with Gasteiger partial charge in [0.1, 0.15) is 0 Å². The molecule has 1 amide bonds. The van der Waals surface area contributed by atoms with Crippen molar-refractivity contribution in [2.24, 2.45) is 0 Å². The first-order valence-electron chi connectivity index (χ1n) is 11.7. The number of alkyl halides is 3. The third-order valence-electron chi connectivity index (χ3n) is 6.96. The molecule has 2 aromatic heterocycles. The van der Waals surface area contributed by atoms with E-state index in [4.69, 9.17) is 0 Å². The standard InChI is InChI=1S/C28H22F3N3O/c29-28(30,31)17-9-10-24-20(13-17)22(27(35)34-24)15-26-21(19-7-3-4-8-23(19)33-26)14-25-18-6-2-1-5-16(18)11-12-32-25/h1-2,5-6,9-13,15,33H,3-4,7-8,14H2,(H,34,35). The Labute approximate surface area is 199 Å². The van der Waals surface area contributed by atoms with Gasteiger partial charge in [-0.05, 0) is 72.5 Å². The quantitative estimate of drug-likeness (QED) is 0.332. The maximum absolute atomic E-state index is 13.4. The molecule has 0 saturated carbocycles. The lowest BCUT2D eigenvalue weighted by molar-refractivity contribution is -0.137. The second kappa shape index (κ2) is 8.12. The average molecular weight is 473 g/mol. The molecule has 4 nitrogen and oxygen atoms in total. The Morgan fingerprint density at radius 1 is 1.03 bits per heavy atom. The Morgan fingerprint density at radius 2 is 1.86 bits per heavy atom. The fraction of sp³-hybridized carbons (Fsp3) is 0.214. The molecule has 2 aromatic carbocycles. The monoisotopic (exact) mass is 473 g/mol. The topological polar surface area (TPSA) is 57.8 Å². The molecule has 7 heteroatoms. The van der Waals surface area contributed by atoms with Gasteiger partial charge in [0.25, 0.3) is 5.91 Å². The van der Waals surface area contributed by atoms with Crippen LogP contribution in [0.15, 0.2) is 54.7 Å². The van der Waals surface area contributed by atoms with Crippen molar-refractivity contribution in [3.63, 3.8) is 0 Å². The maximum atomic E-state index is 13.4. The van der Waals surface area contributed by atoms with E-state index in [1.165, 1.54) is 11.6 Å². The van der Waals surface area contributed by atoms with Crippen LogP contribution in [0, 0.1) is 0 Å². The first-order chi connectivity index (χ1) is 16.9. The zero-order chi connectivity index (χ0) is 24.2. The highest BCUT2D eigenvalue weighted by molar-refractivity contribution is 6.35. The summed E-state index contributed by atoms with van der Waals surface area (Å²) in [6.07, 6.45) is 3.59. The molecule has 0 bridgehead atoms. The molecule has 2 N–H and O–H groups in total. The summed E-state index contributed by atoms with van der Waals surface area (Å²) in [5, 5.41) is 4.87. The molecule has 0 atom stereocenters. The Hall–Kier alpha value is -3.87. The lowest BCUT2D eigenvalue weighted by Gasteiger charge is -2.13. The van der Waals surface area contributed by atoms with E-state index in [0.717, 1.165) is 71.2 Å². The summed E-state index contributed by atoms with van der Waals surface area (Å²) in [5.74, 6) is -0.402. The van der Waals surface area contributed by atoms with Crippen molar-refractivity contribution in [3.8, 4) is 0 Å². The Kier molecular flexibility index (Phi) is 5.02. The van der Waals surface area contributed by atoms with Crippen LogP contribution >= 0.6 is 0 Å². The van der Waals surface area contributed by atoms with Gasteiger partial charge < -0.3 is 10.3 Å². The minimum absolute atomic E-state index is 0.233. The predicted octanol–water partition coefficient (Wildman–Crippen LogP) is 6.54. The number of hydrogen-bond donors (Lipinski definition) is 2. The summed E-state index contributed by atoms with van der Waals surface area (Å²) in [5.41, 5.74) is 5.26. The highest BCUT2D eigenvalue weighted by Gasteiger charge is 2.34. The van der Waals surface area contributed by atoms with Crippen LogP contribution in [-0.4, -0.2) is 15.9 Å². The summed E-state index contributed by atoms with van der Waals surface area (Å²) in [6, 6.07) is 13.4. The van der Waals surface area contributed by atoms with E-state index < -0.39 is 17.6 Å². The molecule has 176 valence electrons. The average Bonchev–Trinajstić information content (AvgIpc) is 3.35. The van der Waals surface area contributed by atoms with Crippen LogP contribution in [0.1, 0.15) is 52.2 Å². The number of carbonyl (C=O) groups excluding carboxylic acids is 1. The van der Waals surface area contributed by atoms with Crippen molar-refractivity contribution < 1.29 is 18.0 Å². The van der Waals surface area contributed by atoms with E-state index >= 15 is 0 Å². The van der Waals surface area contributed by atoms with Crippen LogP contribution in [0.25, 0.3) is 22.4 Å². The van der Waals surface area contributed by atoms with Crippen molar-refractivity contribution >= 4 is 34.0 Å². The van der Waals surface area contributed by atoms with Crippen LogP contribution in [0.2, 0.25) is 0 Å². The first-order valence-corrected chi connectivity index (χ1v) is 11.7. The molecule has 0 radical (unpaired) electrons. The van der Waals surface area contributed by atoms with Gasteiger partial charge in [0.2, 0.25) is 0 Å². The highest BCUT2D eigenvalue weighted by Crippen LogP contribution is 2.39. The molecule has 0 saturated heterocycles. The maximum Gasteiger partial charge on any atom is 0.416 e. The number of pyridine rings is 1. The number of aromatic amines is 1. The molecule has 1 aliphatic heterocycles. The van der Waals surface area contributed by atoms with Crippen molar-refractivity contribution in [2.75, 3.05) is 5.32 Å². The van der Waals surface area contributed by atoms with Gasteiger partial charge in [-0.3, -0.25) is 9.78 Å². The molecular weight excluding hydrogens is 451 g/mol. The number of carbonyl (C=O) groups is 1. The molecule has 35 heavy (non-hydrogen) atoms. The number of halogens is 3. The largest absolute Gasteiger partial charge is 0.416 e. The molecule has 0 spiro atoms. The Bertz CT molecular complexity index is 1510. The summed E-state index contributed by atoms with van der Waals surface area (Å²) in [6.45, 7) is 0. The lowest BCUT2D eigenvalue weighted by Crippen LogP contribution is -2.05. The second-order valence-electron chi connectivity index (χ2n) is 9.11. The van der Waals surface area contributed by atoms with Crippen molar-refractivity contribution in [3.05, 3.63) is 94.1 Å². The van der Waals surface area contributed by atoms with Crippen molar-refractivity contribution in [1.29, 1.82) is 0 Å². The number of aromatic nitrogens is 2. The fourth-order valence-electron chi connectivity index (χ4n) is 5.24. The van der Waals surface area contributed by atoms with Crippen LogP contribution in [0.3, 0.4) is 0 Å². The van der Waals surface area contributed by atoms with E-state index in [2.05, 4.69) is 15.3 Å². The molecule has 1 aliphatic carbocycles. The molecular formula is C28H22F3N3O. The van der Waals surface area contributed by atoms with Gasteiger partial charge in [0.15, 0.2) is 0 Å². The number of nitrogens with zero attached hydrogens (tertiary/aromatic N) is 1. The van der Waals surface area contributed by atoms with E-state index in [1.54, 1.807) is 12.3 Å². The number of nitrogens with one attached hydrogen (secondary N) is 2. The highest BCUT2D eigenvalue weighted by atomic mass is 19.4. The molecule has 2 aliphatic rings. The van der Waals surface area contributed by atoms with Gasteiger partial charge >= 0.3 is 6.18 Å². The molecule has 4 aromatic rings. The minimum Gasteiger partial charge on any atom is -0.358 e. The summed E-state index contributed by atoms with van der Waals surface area (Å²) >= 11 is 0. The third-order valence-corrected chi connectivity index (χ3v) is 6.96. The van der Waals surface area contributed by atoms with Gasteiger partial charge in [0, 0.05) is 40.6 Å². The lowest BCUT2D eigenvalue weighted by atomic mass is 9.91. The first kappa shape index (κ1) is 21.6. The number of hydrogen-bond acceptors (Lipinski definition) is 2. The second-order valence-corrected chi connectivity index (χ2v) is 9.11. The fourth-order valence-corrected chi connectivity index (χ4v) is 5.24. The smallest absolute Gasteiger partial charge is 0.358 e. The number of aryl methyl sites for hydroxylation is 1. The van der Waals surface area contributed by atoms with Gasteiger partial charge in [-0.25, -0.2) is 0 Å². The van der Waals surface area contributed by atoms with E-state index in [9.17, 15) is 18.0 Å². The van der Waals surface area contributed by atoms with Crippen molar-refractivity contribution in [1.82, 2.24) is 9.97 Å². The number of anilines is 1. The van der Waals surface area contributed by atoms with E-state index in [-0.39, 0.29) is 11.1 Å². The van der Waals surface area contributed by atoms with E-state index in [1.807, 2.05) is 30.3 Å².